The average Bonchev–Trinajstić information content (AvgIpc) is 3.41. The third kappa shape index (κ3) is 9.52. The van der Waals surface area contributed by atoms with Crippen molar-refractivity contribution >= 4 is 60.1 Å². The number of aromatic nitrogens is 1. The number of hydrogen-bond donors (Lipinski definition) is 4. The number of hydrogen-bond acceptors (Lipinski definition) is 11. The quantitative estimate of drug-likeness (QED) is 0.111. The highest BCUT2D eigenvalue weighted by atomic mass is 32.3. The number of carbonyl (C=O) groups excluding carboxylic acids is 2. The molecule has 1 fully saturated rings. The molecule has 17 heteroatoms. The molecule has 0 spiro atoms. The minimum absolute atomic E-state index is 0.0424. The van der Waals surface area contributed by atoms with Crippen molar-refractivity contribution in [3.8, 4) is 5.88 Å². The number of carbonyl (C=O) groups is 2. The van der Waals surface area contributed by atoms with E-state index in [1.54, 1.807) is 30.1 Å². The first-order valence-electron chi connectivity index (χ1n) is 15.3. The molecule has 5 rings (SSSR count). The number of H-pyrrole nitrogens is 1. The van der Waals surface area contributed by atoms with Gasteiger partial charge in [-0.15, -0.1) is 0 Å². The summed E-state index contributed by atoms with van der Waals surface area (Å²) in [7, 11) is -4.18. The van der Waals surface area contributed by atoms with Gasteiger partial charge in [0.15, 0.2) is 5.88 Å². The number of esters is 1. The topological polar surface area (TPSA) is 210 Å². The normalized spacial score (nSPS) is 14.7. The van der Waals surface area contributed by atoms with E-state index in [0.717, 1.165) is 42.8 Å². The summed E-state index contributed by atoms with van der Waals surface area (Å²) < 4.78 is 58.7. The van der Waals surface area contributed by atoms with Crippen molar-refractivity contribution in [3.05, 3.63) is 89.5 Å². The minimum atomic E-state index is -4.70. The second-order valence-electron chi connectivity index (χ2n) is 11.6. The second kappa shape index (κ2) is 15.9. The highest BCUT2D eigenvalue weighted by Gasteiger charge is 2.30. The average molecular weight is 730 g/mol. The maximum Gasteiger partial charge on any atom is 0.337 e. The van der Waals surface area contributed by atoms with Crippen molar-refractivity contribution in [2.45, 2.75) is 11.5 Å². The van der Waals surface area contributed by atoms with Crippen molar-refractivity contribution in [1.82, 2.24) is 14.8 Å². The van der Waals surface area contributed by atoms with E-state index < -0.39 is 30.8 Å². The van der Waals surface area contributed by atoms with E-state index in [1.165, 1.54) is 7.11 Å². The van der Waals surface area contributed by atoms with Crippen molar-refractivity contribution < 1.29 is 45.4 Å². The number of likely N-dealkylation sites (N-methyl/N-ethyl adjacent to an activating group) is 2. The Morgan fingerprint density at radius 1 is 0.920 bits per heavy atom. The van der Waals surface area contributed by atoms with Gasteiger partial charge in [-0.05, 0) is 50.4 Å². The Hall–Kier alpha value is -4.65. The van der Waals surface area contributed by atoms with Gasteiger partial charge in [0.25, 0.3) is 20.2 Å². The zero-order chi connectivity index (χ0) is 36.8. The number of fused-ring (bicyclic) bond motifs is 1. The fourth-order valence-corrected chi connectivity index (χ4v) is 6.24. The predicted octanol–water partition coefficient (Wildman–Crippen LogP) is 3.15. The molecular weight excluding hydrogens is 691 g/mol. The van der Waals surface area contributed by atoms with Crippen LogP contribution in [0.1, 0.15) is 28.4 Å². The molecule has 1 saturated heterocycles. The van der Waals surface area contributed by atoms with Crippen LogP contribution in [0.4, 0.5) is 11.4 Å². The number of amides is 1. The molecule has 50 heavy (non-hydrogen) atoms. The largest absolute Gasteiger partial charge is 0.494 e. The predicted molar refractivity (Wildman–Crippen MR) is 189 cm³/mol. The summed E-state index contributed by atoms with van der Waals surface area (Å²) in [6.07, 6.45) is 0. The van der Waals surface area contributed by atoms with Gasteiger partial charge >= 0.3 is 5.97 Å². The number of nitrogens with zero attached hydrogens (tertiary/aromatic N) is 4. The Labute approximate surface area is 290 Å². The van der Waals surface area contributed by atoms with E-state index in [9.17, 15) is 31.5 Å². The van der Waals surface area contributed by atoms with E-state index in [-0.39, 0.29) is 11.8 Å². The fourth-order valence-electron chi connectivity index (χ4n) is 5.01. The first-order valence-corrected chi connectivity index (χ1v) is 18.3. The van der Waals surface area contributed by atoms with E-state index >= 15 is 0 Å². The number of nitrogens with one attached hydrogen (secondary N) is 1. The summed E-state index contributed by atoms with van der Waals surface area (Å²) in [5.41, 5.74) is 4.34. The van der Waals surface area contributed by atoms with Gasteiger partial charge < -0.3 is 24.6 Å². The van der Waals surface area contributed by atoms with Crippen LogP contribution in [-0.2, 0) is 29.8 Å². The zero-order valence-corrected chi connectivity index (χ0v) is 29.5. The molecule has 0 radical (unpaired) electrons. The van der Waals surface area contributed by atoms with Crippen molar-refractivity contribution in [2.75, 3.05) is 58.8 Å². The van der Waals surface area contributed by atoms with E-state index in [0.29, 0.717) is 41.5 Å². The molecule has 4 aromatic rings. The lowest BCUT2D eigenvalue weighted by Gasteiger charge is -2.32. The van der Waals surface area contributed by atoms with Gasteiger partial charge in [-0.1, -0.05) is 36.4 Å². The molecule has 1 amide bonds. The number of ether oxygens (including phenoxy) is 1. The number of aliphatic imine (C=N–C) groups is 1. The van der Waals surface area contributed by atoms with Gasteiger partial charge in [0.1, 0.15) is 0 Å². The van der Waals surface area contributed by atoms with Crippen LogP contribution in [0.15, 0.2) is 77.8 Å². The lowest BCUT2D eigenvalue weighted by atomic mass is 10.00. The molecule has 0 unspecified atom stereocenters. The third-order valence-corrected chi connectivity index (χ3v) is 11.3. The number of aromatic amines is 1. The molecule has 1 aliphatic heterocycles. The molecule has 1 aliphatic rings. The summed E-state index contributed by atoms with van der Waals surface area (Å²) in [5, 5.41) is 11.7. The number of methoxy groups -OCH3 is 1. The fraction of sp³-hybridized carbons (Fsp3) is 0.303. The van der Waals surface area contributed by atoms with Gasteiger partial charge in [-0.2, -0.15) is 16.8 Å². The lowest BCUT2D eigenvalue weighted by Crippen LogP contribution is -2.48. The number of piperazine rings is 1. The van der Waals surface area contributed by atoms with Crippen LogP contribution in [0.25, 0.3) is 10.9 Å². The van der Waals surface area contributed by atoms with E-state index in [1.807, 2.05) is 54.6 Å². The third-order valence-electron chi connectivity index (χ3n) is 8.13. The summed E-state index contributed by atoms with van der Waals surface area (Å²) in [4.78, 5) is 39.0. The standard InChI is InChI=1S/C31H33N5O4.C2H6O6S2/c1-34-15-17-36(18-16-34)20-27(37)35(2)24-12-10-23(11-13-24)32-29(21-7-5-4-6-8-21)28-25-14-9-22(31(39)40-3)19-26(25)33-30(28)38;1-2(9(3,4)5)10(6,7)8/h4-14,19,33,38H,15-18,20H2,1-3H3;2H,1H3,(H,3,4,5)(H,6,7,8). The molecule has 0 atom stereocenters. The van der Waals surface area contributed by atoms with Crippen LogP contribution in [0, 0.1) is 0 Å². The van der Waals surface area contributed by atoms with E-state index in [2.05, 4.69) is 21.8 Å². The van der Waals surface area contributed by atoms with Crippen molar-refractivity contribution in [1.29, 1.82) is 0 Å². The molecule has 2 heterocycles. The van der Waals surface area contributed by atoms with Gasteiger partial charge in [0.05, 0.1) is 36.2 Å². The summed E-state index contributed by atoms with van der Waals surface area (Å²) in [6.45, 7) is 4.75. The second-order valence-corrected chi connectivity index (χ2v) is 15.3. The minimum Gasteiger partial charge on any atom is -0.494 e. The summed E-state index contributed by atoms with van der Waals surface area (Å²) >= 11 is 0. The first kappa shape index (κ1) is 38.2. The monoisotopic (exact) mass is 729 g/mol. The SMILES string of the molecule is CC(S(=O)(=O)O)S(=O)(=O)O.COC(=O)c1ccc2c(C(=Nc3ccc(N(C)C(=O)CN4CCN(C)CC4)cc3)c3ccccc3)c(O)[nH]c2c1. The van der Waals surface area contributed by atoms with Crippen LogP contribution < -0.4 is 4.90 Å². The number of rotatable bonds is 9. The van der Waals surface area contributed by atoms with Gasteiger partial charge in [-0.25, -0.2) is 9.79 Å². The van der Waals surface area contributed by atoms with Crippen molar-refractivity contribution in [2.24, 2.45) is 4.99 Å². The molecule has 1 aromatic heterocycles. The highest BCUT2D eigenvalue weighted by Crippen LogP contribution is 2.32. The molecular formula is C33H39N5O10S2. The van der Waals surface area contributed by atoms with Crippen LogP contribution in [-0.4, -0.2) is 122 Å². The van der Waals surface area contributed by atoms with Crippen LogP contribution >= 0.6 is 0 Å². The van der Waals surface area contributed by atoms with Crippen LogP contribution in [0.2, 0.25) is 0 Å². The number of anilines is 1. The highest BCUT2D eigenvalue weighted by molar-refractivity contribution is 8.03. The molecule has 268 valence electrons. The summed E-state index contributed by atoms with van der Waals surface area (Å²) in [5.74, 6) is -0.465. The smallest absolute Gasteiger partial charge is 0.337 e. The Morgan fingerprint density at radius 3 is 2.06 bits per heavy atom. The molecule has 0 bridgehead atoms. The summed E-state index contributed by atoms with van der Waals surface area (Å²) in [6, 6.07) is 22.2. The zero-order valence-electron chi connectivity index (χ0n) is 27.8. The van der Waals surface area contributed by atoms with Crippen LogP contribution in [0.5, 0.6) is 5.88 Å². The maximum absolute atomic E-state index is 12.9. The Bertz CT molecular complexity index is 2040. The molecule has 15 nitrogen and oxygen atoms in total. The molecule has 4 N–H and O–H groups in total. The van der Waals surface area contributed by atoms with Gasteiger partial charge in [-0.3, -0.25) is 18.8 Å². The number of aromatic hydroxyl groups is 1. The van der Waals surface area contributed by atoms with Crippen molar-refractivity contribution in [3.63, 3.8) is 0 Å². The first-order chi connectivity index (χ1) is 23.5. The molecule has 0 saturated carbocycles. The van der Waals surface area contributed by atoms with E-state index in [4.69, 9.17) is 18.8 Å². The maximum atomic E-state index is 12.9. The van der Waals surface area contributed by atoms with Crippen LogP contribution in [0.3, 0.4) is 0 Å². The lowest BCUT2D eigenvalue weighted by molar-refractivity contribution is -0.119. The Morgan fingerprint density at radius 2 is 1.52 bits per heavy atom. The Kier molecular flexibility index (Phi) is 12.2. The van der Waals surface area contributed by atoms with Gasteiger partial charge in [0, 0.05) is 55.4 Å². The Balaban J connectivity index is 0.000000490. The molecule has 0 aliphatic carbocycles. The number of benzene rings is 3. The van der Waals surface area contributed by atoms with Gasteiger partial charge in [0.2, 0.25) is 10.5 Å². The molecule has 3 aromatic carbocycles.